The van der Waals surface area contributed by atoms with Crippen molar-refractivity contribution in [3.8, 4) is 6.07 Å². The van der Waals surface area contributed by atoms with E-state index in [0.717, 1.165) is 5.56 Å². The Hall–Kier alpha value is -2.02. The summed E-state index contributed by atoms with van der Waals surface area (Å²) in [7, 11) is 1.65. The van der Waals surface area contributed by atoms with Crippen LogP contribution in [0.2, 0.25) is 0 Å². The maximum Gasteiger partial charge on any atom is 0.323 e. The number of carboxylic acid groups (broad SMARTS) is 1. The fourth-order valence-corrected chi connectivity index (χ4v) is 1.36. The van der Waals surface area contributed by atoms with Gasteiger partial charge in [-0.25, -0.2) is 0 Å². The molecule has 0 atom stereocenters. The Labute approximate surface area is 88.4 Å². The van der Waals surface area contributed by atoms with E-state index >= 15 is 0 Å². The van der Waals surface area contributed by atoms with Crippen molar-refractivity contribution in [2.75, 3.05) is 18.5 Å². The van der Waals surface area contributed by atoms with E-state index in [1.54, 1.807) is 24.1 Å². The minimum absolute atomic E-state index is 0.113. The molecule has 0 aliphatic rings. The largest absolute Gasteiger partial charge is 0.480 e. The second kappa shape index (κ2) is 4.47. The van der Waals surface area contributed by atoms with Gasteiger partial charge < -0.3 is 10.0 Å². The molecular weight excluding hydrogens is 192 g/mol. The third kappa shape index (κ3) is 2.71. The van der Waals surface area contributed by atoms with Crippen molar-refractivity contribution in [2.45, 2.75) is 6.92 Å². The molecule has 0 aliphatic carbocycles. The van der Waals surface area contributed by atoms with Crippen LogP contribution in [0.15, 0.2) is 18.2 Å². The first-order valence-corrected chi connectivity index (χ1v) is 4.48. The van der Waals surface area contributed by atoms with Gasteiger partial charge in [0, 0.05) is 7.05 Å². The molecule has 0 aliphatic heterocycles. The molecule has 0 saturated heterocycles. The van der Waals surface area contributed by atoms with E-state index in [-0.39, 0.29) is 6.54 Å². The zero-order valence-electron chi connectivity index (χ0n) is 8.69. The molecule has 0 unspecified atom stereocenters. The molecule has 0 heterocycles. The molecule has 1 rings (SSSR count). The van der Waals surface area contributed by atoms with Crippen LogP contribution in [-0.4, -0.2) is 24.7 Å². The number of hydrogen-bond donors (Lipinski definition) is 1. The lowest BCUT2D eigenvalue weighted by Crippen LogP contribution is -2.25. The lowest BCUT2D eigenvalue weighted by atomic mass is 10.1. The Balaban J connectivity index is 3.04. The fourth-order valence-electron chi connectivity index (χ4n) is 1.36. The molecule has 0 radical (unpaired) electrons. The number of carboxylic acids is 1. The smallest absolute Gasteiger partial charge is 0.323 e. The topological polar surface area (TPSA) is 64.3 Å². The SMILES string of the molecule is Cc1ccc(N(C)CC(=O)O)c(C#N)c1. The lowest BCUT2D eigenvalue weighted by Gasteiger charge is -2.18. The molecule has 1 aromatic carbocycles. The summed E-state index contributed by atoms with van der Waals surface area (Å²) >= 11 is 0. The van der Waals surface area contributed by atoms with E-state index in [1.165, 1.54) is 0 Å². The minimum Gasteiger partial charge on any atom is -0.480 e. The van der Waals surface area contributed by atoms with E-state index in [0.29, 0.717) is 11.3 Å². The standard InChI is InChI=1S/C11H12N2O2/c1-8-3-4-10(9(5-8)6-12)13(2)7-11(14)15/h3-5H,7H2,1-2H3,(H,14,15). The number of rotatable bonds is 3. The van der Waals surface area contributed by atoms with Crippen LogP contribution in [0, 0.1) is 18.3 Å². The quantitative estimate of drug-likeness (QED) is 0.808. The molecule has 0 aromatic heterocycles. The Morgan fingerprint density at radius 3 is 2.80 bits per heavy atom. The van der Waals surface area contributed by atoms with Gasteiger partial charge in [0.25, 0.3) is 0 Å². The summed E-state index contributed by atoms with van der Waals surface area (Å²) in [6.07, 6.45) is 0. The van der Waals surface area contributed by atoms with E-state index < -0.39 is 5.97 Å². The summed E-state index contributed by atoms with van der Waals surface area (Å²) < 4.78 is 0. The monoisotopic (exact) mass is 204 g/mol. The van der Waals surface area contributed by atoms with Gasteiger partial charge in [0.15, 0.2) is 0 Å². The van der Waals surface area contributed by atoms with Crippen LogP contribution in [0.25, 0.3) is 0 Å². The number of aliphatic carboxylic acids is 1. The van der Waals surface area contributed by atoms with Gasteiger partial charge in [-0.1, -0.05) is 6.07 Å². The molecule has 0 amide bonds. The van der Waals surface area contributed by atoms with Crippen molar-refractivity contribution in [1.29, 1.82) is 5.26 Å². The molecule has 1 aromatic rings. The lowest BCUT2D eigenvalue weighted by molar-refractivity contribution is -0.135. The summed E-state index contributed by atoms with van der Waals surface area (Å²) in [5, 5.41) is 17.5. The highest BCUT2D eigenvalue weighted by Crippen LogP contribution is 2.19. The van der Waals surface area contributed by atoms with Gasteiger partial charge in [0.05, 0.1) is 11.3 Å². The zero-order chi connectivity index (χ0) is 11.4. The highest BCUT2D eigenvalue weighted by Gasteiger charge is 2.09. The van der Waals surface area contributed by atoms with Gasteiger partial charge in [-0.2, -0.15) is 5.26 Å². The Morgan fingerprint density at radius 1 is 1.60 bits per heavy atom. The van der Waals surface area contributed by atoms with Gasteiger partial charge in [0.2, 0.25) is 0 Å². The molecule has 0 spiro atoms. The number of nitriles is 1. The molecular formula is C11H12N2O2. The first-order chi connectivity index (χ1) is 7.04. The highest BCUT2D eigenvalue weighted by atomic mass is 16.4. The summed E-state index contributed by atoms with van der Waals surface area (Å²) in [6, 6.07) is 7.42. The first-order valence-electron chi connectivity index (χ1n) is 4.48. The predicted octanol–water partition coefficient (Wildman–Crippen LogP) is 1.39. The van der Waals surface area contributed by atoms with E-state index in [2.05, 4.69) is 6.07 Å². The second-order valence-corrected chi connectivity index (χ2v) is 3.38. The molecule has 4 heteroatoms. The number of likely N-dealkylation sites (N-methyl/N-ethyl adjacent to an activating group) is 1. The summed E-state index contributed by atoms with van der Waals surface area (Å²) in [4.78, 5) is 12.1. The molecule has 4 nitrogen and oxygen atoms in total. The Morgan fingerprint density at radius 2 is 2.27 bits per heavy atom. The van der Waals surface area contributed by atoms with Crippen molar-refractivity contribution in [2.24, 2.45) is 0 Å². The maximum absolute atomic E-state index is 10.5. The van der Waals surface area contributed by atoms with E-state index in [9.17, 15) is 4.79 Å². The number of carbonyl (C=O) groups is 1. The average molecular weight is 204 g/mol. The van der Waals surface area contributed by atoms with Crippen molar-refractivity contribution in [3.63, 3.8) is 0 Å². The fraction of sp³-hybridized carbons (Fsp3) is 0.273. The van der Waals surface area contributed by atoms with E-state index in [1.807, 2.05) is 13.0 Å². The van der Waals surface area contributed by atoms with Crippen LogP contribution >= 0.6 is 0 Å². The third-order valence-electron chi connectivity index (χ3n) is 2.06. The van der Waals surface area contributed by atoms with Gasteiger partial charge in [-0.05, 0) is 24.6 Å². The van der Waals surface area contributed by atoms with Gasteiger partial charge in [-0.3, -0.25) is 4.79 Å². The van der Waals surface area contributed by atoms with Crippen LogP contribution < -0.4 is 4.90 Å². The number of hydrogen-bond acceptors (Lipinski definition) is 3. The molecule has 78 valence electrons. The van der Waals surface area contributed by atoms with Crippen molar-refractivity contribution < 1.29 is 9.90 Å². The van der Waals surface area contributed by atoms with Crippen LogP contribution in [0.3, 0.4) is 0 Å². The van der Waals surface area contributed by atoms with Crippen molar-refractivity contribution in [1.82, 2.24) is 0 Å². The molecule has 0 bridgehead atoms. The van der Waals surface area contributed by atoms with Gasteiger partial charge >= 0.3 is 5.97 Å². The minimum atomic E-state index is -0.915. The predicted molar refractivity (Wildman–Crippen MR) is 56.8 cm³/mol. The first kappa shape index (κ1) is 11.1. The maximum atomic E-state index is 10.5. The Kier molecular flexibility index (Phi) is 3.29. The van der Waals surface area contributed by atoms with Crippen molar-refractivity contribution >= 4 is 11.7 Å². The summed E-state index contributed by atoms with van der Waals surface area (Å²) in [6.45, 7) is 1.78. The number of benzene rings is 1. The third-order valence-corrected chi connectivity index (χ3v) is 2.06. The summed E-state index contributed by atoms with van der Waals surface area (Å²) in [5.74, 6) is -0.915. The van der Waals surface area contributed by atoms with Crippen LogP contribution in [-0.2, 0) is 4.79 Å². The number of nitrogens with zero attached hydrogens (tertiary/aromatic N) is 2. The second-order valence-electron chi connectivity index (χ2n) is 3.38. The molecule has 1 N–H and O–H groups in total. The van der Waals surface area contributed by atoms with Gasteiger partial charge in [0.1, 0.15) is 12.6 Å². The van der Waals surface area contributed by atoms with E-state index in [4.69, 9.17) is 10.4 Å². The normalized spacial score (nSPS) is 9.40. The number of aryl methyl sites for hydroxylation is 1. The average Bonchev–Trinajstić information content (AvgIpc) is 2.16. The molecule has 0 saturated carbocycles. The Bertz CT molecular complexity index is 421. The highest BCUT2D eigenvalue weighted by molar-refractivity contribution is 5.75. The number of anilines is 1. The van der Waals surface area contributed by atoms with Crippen molar-refractivity contribution in [3.05, 3.63) is 29.3 Å². The van der Waals surface area contributed by atoms with Gasteiger partial charge in [-0.15, -0.1) is 0 Å². The molecule has 0 fully saturated rings. The zero-order valence-corrected chi connectivity index (χ0v) is 8.69. The van der Waals surface area contributed by atoms with Crippen LogP contribution in [0.5, 0.6) is 0 Å². The molecule has 15 heavy (non-hydrogen) atoms. The van der Waals surface area contributed by atoms with Crippen LogP contribution in [0.1, 0.15) is 11.1 Å². The van der Waals surface area contributed by atoms with Crippen LogP contribution in [0.4, 0.5) is 5.69 Å². The summed E-state index contributed by atoms with van der Waals surface area (Å²) in [5.41, 5.74) is 2.13.